The maximum atomic E-state index is 12.5. The molecule has 2 fully saturated rings. The largest absolute Gasteiger partial charge is 0.379 e. The average molecular weight is 439 g/mol. The van der Waals surface area contributed by atoms with Crippen molar-refractivity contribution in [3.8, 4) is 0 Å². The maximum absolute atomic E-state index is 12.5. The predicted molar refractivity (Wildman–Crippen MR) is 108 cm³/mol. The van der Waals surface area contributed by atoms with Crippen molar-refractivity contribution in [3.63, 3.8) is 0 Å². The quantitative estimate of drug-likeness (QED) is 0.765. The number of ether oxygens (including phenoxy) is 1. The highest BCUT2D eigenvalue weighted by Crippen LogP contribution is 2.20. The molecule has 0 saturated carbocycles. The fourth-order valence-electron chi connectivity index (χ4n) is 3.62. The highest BCUT2D eigenvalue weighted by Gasteiger charge is 2.32. The summed E-state index contributed by atoms with van der Waals surface area (Å²) < 4.78 is 6.30. The molecule has 8 heteroatoms. The molecule has 0 bridgehead atoms. The Morgan fingerprint density at radius 3 is 2.78 bits per heavy atom. The van der Waals surface area contributed by atoms with E-state index < -0.39 is 0 Å². The Bertz CT molecular complexity index is 666. The molecule has 0 aromatic heterocycles. The second-order valence-corrected chi connectivity index (χ2v) is 7.91. The third-order valence-corrected chi connectivity index (χ3v) is 5.63. The van der Waals surface area contributed by atoms with Crippen molar-refractivity contribution in [2.24, 2.45) is 0 Å². The van der Waals surface area contributed by atoms with Crippen LogP contribution in [0, 0.1) is 0 Å². The van der Waals surface area contributed by atoms with E-state index in [0.29, 0.717) is 19.6 Å². The molecule has 2 aliphatic rings. The Labute approximate surface area is 168 Å². The lowest BCUT2D eigenvalue weighted by Crippen LogP contribution is -2.47. The minimum atomic E-state index is -0.118. The molecule has 1 N–H and O–H groups in total. The van der Waals surface area contributed by atoms with Crippen LogP contribution in [-0.2, 0) is 9.53 Å². The van der Waals surface area contributed by atoms with Crippen LogP contribution >= 0.6 is 15.9 Å². The van der Waals surface area contributed by atoms with Gasteiger partial charge in [0.25, 0.3) is 0 Å². The summed E-state index contributed by atoms with van der Waals surface area (Å²) in [7, 11) is 0. The third kappa shape index (κ3) is 5.67. The molecule has 2 heterocycles. The van der Waals surface area contributed by atoms with Gasteiger partial charge in [-0.2, -0.15) is 0 Å². The van der Waals surface area contributed by atoms with Crippen LogP contribution < -0.4 is 5.32 Å². The molecule has 7 nitrogen and oxygen atoms in total. The summed E-state index contributed by atoms with van der Waals surface area (Å²) in [4.78, 5) is 30.7. The van der Waals surface area contributed by atoms with E-state index in [0.717, 1.165) is 49.4 Å². The molecular formula is C19H27BrN4O3. The average Bonchev–Trinajstić information content (AvgIpc) is 3.12. The highest BCUT2D eigenvalue weighted by atomic mass is 79.9. The Hall–Kier alpha value is -1.64. The molecule has 3 amide bonds. The lowest BCUT2D eigenvalue weighted by molar-refractivity contribution is -0.131. The molecule has 0 radical (unpaired) electrons. The van der Waals surface area contributed by atoms with Crippen molar-refractivity contribution >= 4 is 33.6 Å². The van der Waals surface area contributed by atoms with Gasteiger partial charge in [-0.3, -0.25) is 9.69 Å². The fraction of sp³-hybridized carbons (Fsp3) is 0.579. The lowest BCUT2D eigenvalue weighted by atomic mass is 10.2. The first-order valence-electron chi connectivity index (χ1n) is 9.42. The van der Waals surface area contributed by atoms with Gasteiger partial charge in [-0.15, -0.1) is 0 Å². The summed E-state index contributed by atoms with van der Waals surface area (Å²) in [5.74, 6) is 0.0718. The number of nitrogens with zero attached hydrogens (tertiary/aromatic N) is 3. The number of carbonyl (C=O) groups is 2. The molecule has 3 rings (SSSR count). The van der Waals surface area contributed by atoms with E-state index in [-0.39, 0.29) is 18.0 Å². The van der Waals surface area contributed by atoms with Crippen molar-refractivity contribution < 1.29 is 14.3 Å². The number of hydrogen-bond donors (Lipinski definition) is 1. The second-order valence-electron chi connectivity index (χ2n) is 7.00. The summed E-state index contributed by atoms with van der Waals surface area (Å²) in [5.41, 5.74) is 0.758. The van der Waals surface area contributed by atoms with Crippen LogP contribution in [0.4, 0.5) is 10.5 Å². The van der Waals surface area contributed by atoms with Gasteiger partial charge in [-0.25, -0.2) is 4.79 Å². The first-order valence-corrected chi connectivity index (χ1v) is 10.2. The molecular weight excluding hydrogens is 412 g/mol. The number of anilines is 1. The van der Waals surface area contributed by atoms with E-state index in [4.69, 9.17) is 4.74 Å². The van der Waals surface area contributed by atoms with Gasteiger partial charge in [0.05, 0.1) is 19.3 Å². The van der Waals surface area contributed by atoms with Crippen LogP contribution in [-0.4, -0.2) is 85.2 Å². The zero-order valence-corrected chi connectivity index (χ0v) is 17.3. The van der Waals surface area contributed by atoms with Gasteiger partial charge in [0.15, 0.2) is 0 Å². The van der Waals surface area contributed by atoms with Gasteiger partial charge >= 0.3 is 6.03 Å². The zero-order valence-electron chi connectivity index (χ0n) is 15.7. The summed E-state index contributed by atoms with van der Waals surface area (Å²) in [5, 5.41) is 2.93. The number of nitrogens with one attached hydrogen (secondary N) is 1. The fourth-order valence-corrected chi connectivity index (χ4v) is 4.02. The Morgan fingerprint density at radius 1 is 1.30 bits per heavy atom. The van der Waals surface area contributed by atoms with Crippen LogP contribution in [0.5, 0.6) is 0 Å². The van der Waals surface area contributed by atoms with Gasteiger partial charge in [-0.05, 0) is 24.6 Å². The van der Waals surface area contributed by atoms with Crippen molar-refractivity contribution in [3.05, 3.63) is 28.7 Å². The molecule has 2 aliphatic heterocycles. The number of hydrogen-bond acceptors (Lipinski definition) is 4. The maximum Gasteiger partial charge on any atom is 0.321 e. The summed E-state index contributed by atoms with van der Waals surface area (Å²) in [6, 6.07) is 7.50. The van der Waals surface area contributed by atoms with E-state index in [1.165, 1.54) is 0 Å². The minimum absolute atomic E-state index is 0.0718. The van der Waals surface area contributed by atoms with Crippen molar-refractivity contribution in [2.75, 3.05) is 57.8 Å². The third-order valence-electron chi connectivity index (χ3n) is 5.13. The van der Waals surface area contributed by atoms with Crippen molar-refractivity contribution in [1.29, 1.82) is 0 Å². The first-order chi connectivity index (χ1) is 13.0. The standard InChI is InChI=1S/C19H27BrN4O3/c1-15(25)24(8-7-22-9-11-27-12-10-22)18-5-6-23(14-18)19(26)21-17-4-2-3-16(20)13-17/h2-4,13,18H,5-12,14H2,1H3,(H,21,26). The van der Waals surface area contributed by atoms with Crippen LogP contribution in [0.3, 0.4) is 0 Å². The molecule has 1 atom stereocenters. The Morgan fingerprint density at radius 2 is 2.07 bits per heavy atom. The Balaban J connectivity index is 1.52. The van der Waals surface area contributed by atoms with E-state index in [9.17, 15) is 9.59 Å². The summed E-state index contributed by atoms with van der Waals surface area (Å²) in [6.45, 7) is 7.73. The number of amides is 3. The van der Waals surface area contributed by atoms with E-state index >= 15 is 0 Å². The van der Waals surface area contributed by atoms with Crippen LogP contribution in [0.2, 0.25) is 0 Å². The number of benzene rings is 1. The number of morpholine rings is 1. The van der Waals surface area contributed by atoms with Crippen molar-refractivity contribution in [2.45, 2.75) is 19.4 Å². The molecule has 27 heavy (non-hydrogen) atoms. The molecule has 0 aliphatic carbocycles. The van der Waals surface area contributed by atoms with Gasteiger partial charge < -0.3 is 19.9 Å². The van der Waals surface area contributed by atoms with Gasteiger partial charge in [0.1, 0.15) is 0 Å². The molecule has 0 spiro atoms. The summed E-state index contributed by atoms with van der Waals surface area (Å²) in [6.07, 6.45) is 0.814. The topological polar surface area (TPSA) is 65.1 Å². The number of halogens is 1. The monoisotopic (exact) mass is 438 g/mol. The number of rotatable bonds is 5. The second kappa shape index (κ2) is 9.52. The molecule has 1 unspecified atom stereocenters. The SMILES string of the molecule is CC(=O)N(CCN1CCOCC1)C1CCN(C(=O)Nc2cccc(Br)c2)C1. The number of likely N-dealkylation sites (tertiary alicyclic amines) is 1. The summed E-state index contributed by atoms with van der Waals surface area (Å²) >= 11 is 3.41. The van der Waals surface area contributed by atoms with Crippen LogP contribution in [0.25, 0.3) is 0 Å². The van der Waals surface area contributed by atoms with Crippen LogP contribution in [0.15, 0.2) is 28.7 Å². The normalized spacial score (nSPS) is 20.5. The number of carbonyl (C=O) groups excluding carboxylic acids is 2. The minimum Gasteiger partial charge on any atom is -0.379 e. The molecule has 2 saturated heterocycles. The van der Waals surface area contributed by atoms with E-state index in [1.807, 2.05) is 29.2 Å². The molecule has 1 aromatic carbocycles. The highest BCUT2D eigenvalue weighted by molar-refractivity contribution is 9.10. The van der Waals surface area contributed by atoms with Gasteiger partial charge in [-0.1, -0.05) is 22.0 Å². The first kappa shape index (κ1) is 20.1. The molecule has 1 aromatic rings. The van der Waals surface area contributed by atoms with Crippen molar-refractivity contribution in [1.82, 2.24) is 14.7 Å². The Kier molecular flexibility index (Phi) is 7.09. The lowest BCUT2D eigenvalue weighted by Gasteiger charge is -2.32. The van der Waals surface area contributed by atoms with E-state index in [1.54, 1.807) is 11.8 Å². The van der Waals surface area contributed by atoms with Gasteiger partial charge in [0, 0.05) is 56.4 Å². The molecule has 148 valence electrons. The zero-order chi connectivity index (χ0) is 19.2. The van der Waals surface area contributed by atoms with Gasteiger partial charge in [0.2, 0.25) is 5.91 Å². The van der Waals surface area contributed by atoms with Crippen LogP contribution in [0.1, 0.15) is 13.3 Å². The number of urea groups is 1. The smallest absolute Gasteiger partial charge is 0.321 e. The predicted octanol–water partition coefficient (Wildman–Crippen LogP) is 2.24. The van der Waals surface area contributed by atoms with E-state index in [2.05, 4.69) is 26.1 Å².